The number of aryl methyl sites for hydroxylation is 3. The van der Waals surface area contributed by atoms with Crippen molar-refractivity contribution in [2.45, 2.75) is 32.7 Å². The molecular formula is C20H23N5O2. The molecular weight excluding hydrogens is 342 g/mol. The van der Waals surface area contributed by atoms with Gasteiger partial charge < -0.3 is 14.9 Å². The van der Waals surface area contributed by atoms with Gasteiger partial charge in [-0.15, -0.1) is 0 Å². The van der Waals surface area contributed by atoms with E-state index in [1.807, 2.05) is 55.1 Å². The molecule has 140 valence electrons. The van der Waals surface area contributed by atoms with Crippen LogP contribution in [0.4, 0.5) is 0 Å². The summed E-state index contributed by atoms with van der Waals surface area (Å²) in [5.74, 6) is 0.685. The third kappa shape index (κ3) is 4.31. The molecule has 2 heterocycles. The minimum absolute atomic E-state index is 0.0862. The van der Waals surface area contributed by atoms with E-state index in [2.05, 4.69) is 20.3 Å². The smallest absolute Gasteiger partial charge is 0.342 e. The third-order valence-corrected chi connectivity index (χ3v) is 4.61. The van der Waals surface area contributed by atoms with E-state index in [1.54, 1.807) is 13.1 Å². The quantitative estimate of drug-likeness (QED) is 0.698. The average Bonchev–Trinajstić information content (AvgIpc) is 3.05. The average molecular weight is 365 g/mol. The Balaban J connectivity index is 1.76. The summed E-state index contributed by atoms with van der Waals surface area (Å²) in [6.45, 7) is 3.61. The molecule has 0 spiro atoms. The van der Waals surface area contributed by atoms with Gasteiger partial charge in [0, 0.05) is 37.3 Å². The summed E-state index contributed by atoms with van der Waals surface area (Å²) in [5, 5.41) is 3.08. The number of hydrogen-bond donors (Lipinski definition) is 2. The fourth-order valence-corrected chi connectivity index (χ4v) is 3.19. The van der Waals surface area contributed by atoms with E-state index in [9.17, 15) is 9.59 Å². The highest BCUT2D eigenvalue weighted by atomic mass is 16.1. The first kappa shape index (κ1) is 18.6. The molecule has 0 fully saturated rings. The van der Waals surface area contributed by atoms with Crippen molar-refractivity contribution in [1.82, 2.24) is 24.8 Å². The summed E-state index contributed by atoms with van der Waals surface area (Å²) in [6.07, 6.45) is 4.38. The number of aromatic nitrogens is 4. The second-order valence-corrected chi connectivity index (χ2v) is 6.54. The highest BCUT2D eigenvalue weighted by Crippen LogP contribution is 2.20. The molecule has 0 aliphatic carbocycles. The molecule has 0 aliphatic rings. The lowest BCUT2D eigenvalue weighted by Crippen LogP contribution is -2.31. The summed E-state index contributed by atoms with van der Waals surface area (Å²) < 4.78 is 1.90. The number of nitrogens with one attached hydrogen (secondary N) is 2. The first-order valence-corrected chi connectivity index (χ1v) is 8.83. The summed E-state index contributed by atoms with van der Waals surface area (Å²) in [7, 11) is 1.91. The van der Waals surface area contributed by atoms with Gasteiger partial charge >= 0.3 is 5.69 Å². The molecule has 0 bridgehead atoms. The largest absolute Gasteiger partial charge is 0.345 e. The molecule has 3 rings (SSSR count). The van der Waals surface area contributed by atoms with Crippen molar-refractivity contribution in [2.75, 3.05) is 0 Å². The van der Waals surface area contributed by atoms with Crippen molar-refractivity contribution in [1.29, 1.82) is 0 Å². The Morgan fingerprint density at radius 1 is 1.26 bits per heavy atom. The Morgan fingerprint density at radius 2 is 2.00 bits per heavy atom. The number of rotatable bonds is 6. The molecule has 0 saturated carbocycles. The lowest BCUT2D eigenvalue weighted by molar-refractivity contribution is -0.121. The molecule has 1 amide bonds. The number of hydrogen-bond acceptors (Lipinski definition) is 4. The molecule has 0 saturated heterocycles. The van der Waals surface area contributed by atoms with Gasteiger partial charge in [-0.05, 0) is 31.4 Å². The second-order valence-electron chi connectivity index (χ2n) is 6.54. The Hall–Kier alpha value is -3.22. The van der Waals surface area contributed by atoms with E-state index < -0.39 is 0 Å². The number of carbonyl (C=O) groups excluding carboxylic acids is 1. The maximum absolute atomic E-state index is 12.7. The van der Waals surface area contributed by atoms with E-state index in [4.69, 9.17) is 0 Å². The molecule has 1 atom stereocenters. The number of nitrogens with zero attached hydrogens (tertiary/aromatic N) is 3. The van der Waals surface area contributed by atoms with Gasteiger partial charge in [0.15, 0.2) is 0 Å². The summed E-state index contributed by atoms with van der Waals surface area (Å²) in [5.41, 5.74) is 2.92. The highest BCUT2D eigenvalue weighted by molar-refractivity contribution is 5.77. The van der Waals surface area contributed by atoms with Gasteiger partial charge in [0.05, 0.1) is 0 Å². The molecule has 1 aromatic carbocycles. The highest BCUT2D eigenvalue weighted by Gasteiger charge is 2.20. The molecule has 0 radical (unpaired) electrons. The maximum atomic E-state index is 12.7. The number of benzene rings is 1. The van der Waals surface area contributed by atoms with Crippen LogP contribution in [0.5, 0.6) is 0 Å². The summed E-state index contributed by atoms with van der Waals surface area (Å²) >= 11 is 0. The predicted octanol–water partition coefficient (Wildman–Crippen LogP) is 1.96. The third-order valence-electron chi connectivity index (χ3n) is 4.61. The van der Waals surface area contributed by atoms with E-state index in [-0.39, 0.29) is 17.6 Å². The monoisotopic (exact) mass is 365 g/mol. The molecule has 1 unspecified atom stereocenters. The topological polar surface area (TPSA) is 92.7 Å². The normalized spacial score (nSPS) is 12.0. The zero-order valence-corrected chi connectivity index (χ0v) is 15.7. The van der Waals surface area contributed by atoms with Crippen molar-refractivity contribution in [3.05, 3.63) is 81.5 Å². The zero-order valence-electron chi connectivity index (χ0n) is 15.7. The van der Waals surface area contributed by atoms with Gasteiger partial charge in [0.2, 0.25) is 5.91 Å². The Bertz CT molecular complexity index is 965. The van der Waals surface area contributed by atoms with Gasteiger partial charge in [0.1, 0.15) is 11.9 Å². The van der Waals surface area contributed by atoms with Gasteiger partial charge in [-0.3, -0.25) is 4.79 Å². The number of imidazole rings is 1. The van der Waals surface area contributed by atoms with Gasteiger partial charge in [-0.25, -0.2) is 9.78 Å². The summed E-state index contributed by atoms with van der Waals surface area (Å²) in [6, 6.07) is 9.44. The van der Waals surface area contributed by atoms with E-state index in [0.717, 1.165) is 22.6 Å². The molecule has 2 aromatic heterocycles. The zero-order chi connectivity index (χ0) is 19.4. The minimum Gasteiger partial charge on any atom is -0.342 e. The van der Waals surface area contributed by atoms with Crippen LogP contribution in [0.1, 0.15) is 40.8 Å². The van der Waals surface area contributed by atoms with Crippen molar-refractivity contribution in [3.63, 3.8) is 0 Å². The second kappa shape index (κ2) is 7.99. The lowest BCUT2D eigenvalue weighted by atomic mass is 10.0. The molecule has 7 heteroatoms. The molecule has 3 aromatic rings. The SMILES string of the molecule is Cc1nc(=O)[nH]c(C)c1CCC(=O)NC(c1ccccc1)c1nccn1C. The van der Waals surface area contributed by atoms with Crippen LogP contribution in [0.2, 0.25) is 0 Å². The van der Waals surface area contributed by atoms with Gasteiger partial charge in [-0.1, -0.05) is 30.3 Å². The van der Waals surface area contributed by atoms with Crippen LogP contribution in [0.15, 0.2) is 47.5 Å². The van der Waals surface area contributed by atoms with E-state index in [0.29, 0.717) is 18.5 Å². The molecule has 7 nitrogen and oxygen atoms in total. The van der Waals surface area contributed by atoms with Crippen molar-refractivity contribution >= 4 is 5.91 Å². The molecule has 0 aliphatic heterocycles. The van der Waals surface area contributed by atoms with Crippen LogP contribution in [0, 0.1) is 13.8 Å². The number of amides is 1. The van der Waals surface area contributed by atoms with E-state index in [1.165, 1.54) is 0 Å². The first-order valence-electron chi connectivity index (χ1n) is 8.83. The van der Waals surface area contributed by atoms with E-state index >= 15 is 0 Å². The standard InChI is InChI=1S/C20H23N5O2/c1-13-16(14(2)23-20(27)22-13)9-10-17(26)24-18(15-7-5-4-6-8-15)19-21-11-12-25(19)3/h4-8,11-12,18H,9-10H2,1-3H3,(H,24,26)(H,22,23,27). The van der Waals surface area contributed by atoms with Crippen LogP contribution in [0.3, 0.4) is 0 Å². The Morgan fingerprint density at radius 3 is 2.63 bits per heavy atom. The maximum Gasteiger partial charge on any atom is 0.345 e. The van der Waals surface area contributed by atoms with Crippen molar-refractivity contribution in [2.24, 2.45) is 7.05 Å². The fraction of sp³-hybridized carbons (Fsp3) is 0.300. The van der Waals surface area contributed by atoms with Crippen LogP contribution in [-0.4, -0.2) is 25.4 Å². The number of H-pyrrole nitrogens is 1. The van der Waals surface area contributed by atoms with Crippen LogP contribution in [0.25, 0.3) is 0 Å². The minimum atomic E-state index is -0.364. The molecule has 27 heavy (non-hydrogen) atoms. The van der Waals surface area contributed by atoms with Gasteiger partial charge in [-0.2, -0.15) is 4.98 Å². The molecule has 2 N–H and O–H groups in total. The lowest BCUT2D eigenvalue weighted by Gasteiger charge is -2.19. The van der Waals surface area contributed by atoms with Crippen LogP contribution >= 0.6 is 0 Å². The fourth-order valence-electron chi connectivity index (χ4n) is 3.19. The van der Waals surface area contributed by atoms with Crippen LogP contribution in [-0.2, 0) is 18.3 Å². The number of carbonyl (C=O) groups is 1. The van der Waals surface area contributed by atoms with Crippen molar-refractivity contribution < 1.29 is 4.79 Å². The Kier molecular flexibility index (Phi) is 5.49. The summed E-state index contributed by atoms with van der Waals surface area (Å²) in [4.78, 5) is 35.1. The predicted molar refractivity (Wildman–Crippen MR) is 102 cm³/mol. The Labute approximate surface area is 157 Å². The number of aromatic amines is 1. The first-order chi connectivity index (χ1) is 13.0. The van der Waals surface area contributed by atoms with Crippen molar-refractivity contribution in [3.8, 4) is 0 Å². The van der Waals surface area contributed by atoms with Gasteiger partial charge in [0.25, 0.3) is 0 Å². The van der Waals surface area contributed by atoms with Crippen LogP contribution < -0.4 is 11.0 Å².